The average Bonchev–Trinajstić information content (AvgIpc) is 2.61. The van der Waals surface area contributed by atoms with E-state index in [1.165, 1.54) is 18.2 Å². The van der Waals surface area contributed by atoms with Crippen LogP contribution in [-0.4, -0.2) is 4.57 Å². The Kier molecular flexibility index (Phi) is 6.10. The summed E-state index contributed by atoms with van der Waals surface area (Å²) in [5.74, 6) is -0.341. The number of ether oxygens (including phenoxy) is 1. The number of hydrogen-bond acceptors (Lipinski definition) is 2. The van der Waals surface area contributed by atoms with Gasteiger partial charge in [0.25, 0.3) is 0 Å². The Labute approximate surface area is 170 Å². The molecule has 27 heavy (non-hydrogen) atoms. The predicted octanol–water partition coefficient (Wildman–Crippen LogP) is 5.88. The second-order valence-electron chi connectivity index (χ2n) is 5.95. The van der Waals surface area contributed by atoms with Gasteiger partial charge in [-0.1, -0.05) is 46.9 Å². The van der Waals surface area contributed by atoms with Crippen LogP contribution in [0.2, 0.25) is 15.1 Å². The van der Waals surface area contributed by atoms with Gasteiger partial charge >= 0.3 is 0 Å². The summed E-state index contributed by atoms with van der Waals surface area (Å²) in [6.07, 6.45) is 1.66. The Morgan fingerprint density at radius 1 is 1.07 bits per heavy atom. The first-order valence-corrected chi connectivity index (χ1v) is 9.20. The van der Waals surface area contributed by atoms with Crippen LogP contribution >= 0.6 is 34.8 Å². The summed E-state index contributed by atoms with van der Waals surface area (Å²) in [6.45, 7) is 2.04. The summed E-state index contributed by atoms with van der Waals surface area (Å²) < 4.78 is 21.4. The fourth-order valence-electron chi connectivity index (χ4n) is 2.65. The van der Waals surface area contributed by atoms with Crippen LogP contribution in [0.1, 0.15) is 16.8 Å². The molecule has 0 aliphatic rings. The molecule has 0 fully saturated rings. The Balaban J connectivity index is 1.88. The molecule has 3 aromatic rings. The van der Waals surface area contributed by atoms with Gasteiger partial charge in [-0.2, -0.15) is 0 Å². The van der Waals surface area contributed by atoms with Crippen molar-refractivity contribution < 1.29 is 9.13 Å². The van der Waals surface area contributed by atoms with E-state index in [1.54, 1.807) is 31.3 Å². The van der Waals surface area contributed by atoms with Crippen molar-refractivity contribution in [3.8, 4) is 5.75 Å². The van der Waals surface area contributed by atoms with E-state index in [4.69, 9.17) is 39.5 Å². The van der Waals surface area contributed by atoms with E-state index >= 15 is 0 Å². The molecule has 0 amide bonds. The highest BCUT2D eigenvalue weighted by Crippen LogP contribution is 2.24. The SMILES string of the molecule is Cc1c(OCc2c(F)cccc2Cl)c(=O)ccn1Cc1ccc(Cl)cc1Cl. The van der Waals surface area contributed by atoms with Crippen molar-refractivity contribution in [1.82, 2.24) is 4.57 Å². The topological polar surface area (TPSA) is 31.2 Å². The van der Waals surface area contributed by atoms with E-state index in [0.29, 0.717) is 22.3 Å². The minimum atomic E-state index is -0.482. The Bertz CT molecular complexity index is 1030. The second kappa shape index (κ2) is 8.34. The van der Waals surface area contributed by atoms with Crippen LogP contribution < -0.4 is 10.2 Å². The maximum atomic E-state index is 13.9. The Morgan fingerprint density at radius 3 is 2.56 bits per heavy atom. The number of aromatic nitrogens is 1. The zero-order chi connectivity index (χ0) is 19.6. The van der Waals surface area contributed by atoms with Crippen LogP contribution in [0.3, 0.4) is 0 Å². The van der Waals surface area contributed by atoms with E-state index in [9.17, 15) is 9.18 Å². The monoisotopic (exact) mass is 425 g/mol. The van der Waals surface area contributed by atoms with Gasteiger partial charge in [-0.05, 0) is 36.8 Å². The predicted molar refractivity (Wildman–Crippen MR) is 107 cm³/mol. The molecule has 3 rings (SSSR count). The molecule has 0 radical (unpaired) electrons. The number of benzene rings is 2. The van der Waals surface area contributed by atoms with Crippen molar-refractivity contribution in [1.29, 1.82) is 0 Å². The molecule has 1 aromatic heterocycles. The van der Waals surface area contributed by atoms with Crippen LogP contribution in [0.15, 0.2) is 53.5 Å². The lowest BCUT2D eigenvalue weighted by molar-refractivity contribution is 0.291. The van der Waals surface area contributed by atoms with Gasteiger partial charge in [-0.15, -0.1) is 0 Å². The van der Waals surface area contributed by atoms with Crippen molar-refractivity contribution in [3.05, 3.63) is 96.6 Å². The first-order valence-electron chi connectivity index (χ1n) is 8.06. The summed E-state index contributed by atoms with van der Waals surface area (Å²) in [6, 6.07) is 11.0. The Hall–Kier alpha value is -2.01. The van der Waals surface area contributed by atoms with Gasteiger partial charge in [0.2, 0.25) is 5.43 Å². The van der Waals surface area contributed by atoms with E-state index in [-0.39, 0.29) is 28.4 Å². The lowest BCUT2D eigenvalue weighted by Crippen LogP contribution is -2.16. The molecule has 0 spiro atoms. The number of pyridine rings is 1. The van der Waals surface area contributed by atoms with Gasteiger partial charge in [0.15, 0.2) is 5.75 Å². The summed E-state index contributed by atoms with van der Waals surface area (Å²) in [4.78, 5) is 12.2. The average molecular weight is 427 g/mol. The van der Waals surface area contributed by atoms with Gasteiger partial charge in [-0.25, -0.2) is 4.39 Å². The third-order valence-electron chi connectivity index (χ3n) is 4.17. The van der Waals surface area contributed by atoms with Crippen molar-refractivity contribution in [2.75, 3.05) is 0 Å². The van der Waals surface area contributed by atoms with E-state index < -0.39 is 5.82 Å². The minimum absolute atomic E-state index is 0.141. The van der Waals surface area contributed by atoms with Crippen LogP contribution in [-0.2, 0) is 13.2 Å². The number of halogens is 4. The van der Waals surface area contributed by atoms with Gasteiger partial charge in [0.05, 0.1) is 10.7 Å². The van der Waals surface area contributed by atoms with E-state index in [2.05, 4.69) is 0 Å². The molecular weight excluding hydrogens is 412 g/mol. The summed E-state index contributed by atoms with van der Waals surface area (Å²) in [5.41, 5.74) is 1.35. The van der Waals surface area contributed by atoms with Crippen LogP contribution in [0.5, 0.6) is 5.75 Å². The highest BCUT2D eigenvalue weighted by atomic mass is 35.5. The maximum Gasteiger partial charge on any atom is 0.223 e. The number of nitrogens with zero attached hydrogens (tertiary/aromatic N) is 1. The standard InChI is InChI=1S/C20H15Cl3FNO2/c1-12-20(27-11-15-16(22)3-2-4-18(15)24)19(26)7-8-25(12)10-13-5-6-14(21)9-17(13)23/h2-9H,10-11H2,1H3. The minimum Gasteiger partial charge on any atom is -0.483 e. The maximum absolute atomic E-state index is 13.9. The zero-order valence-electron chi connectivity index (χ0n) is 14.3. The molecule has 140 valence electrons. The summed E-state index contributed by atoms with van der Waals surface area (Å²) in [5, 5.41) is 1.32. The third kappa shape index (κ3) is 4.46. The van der Waals surface area contributed by atoms with Gasteiger partial charge < -0.3 is 9.30 Å². The van der Waals surface area contributed by atoms with Gasteiger partial charge in [-0.3, -0.25) is 4.79 Å². The van der Waals surface area contributed by atoms with Crippen molar-refractivity contribution in [3.63, 3.8) is 0 Å². The molecule has 0 atom stereocenters. The van der Waals surface area contributed by atoms with E-state index in [1.807, 2.05) is 10.6 Å². The lowest BCUT2D eigenvalue weighted by atomic mass is 10.2. The van der Waals surface area contributed by atoms with Crippen LogP contribution in [0, 0.1) is 12.7 Å². The molecule has 0 saturated carbocycles. The third-order valence-corrected chi connectivity index (χ3v) is 5.11. The normalized spacial score (nSPS) is 10.9. The lowest BCUT2D eigenvalue weighted by Gasteiger charge is -2.16. The molecule has 1 heterocycles. The molecule has 0 aliphatic carbocycles. The van der Waals surface area contributed by atoms with E-state index in [0.717, 1.165) is 5.56 Å². The van der Waals surface area contributed by atoms with Crippen molar-refractivity contribution in [2.45, 2.75) is 20.1 Å². The highest BCUT2D eigenvalue weighted by molar-refractivity contribution is 6.35. The second-order valence-corrected chi connectivity index (χ2v) is 7.20. The van der Waals surface area contributed by atoms with Gasteiger partial charge in [0.1, 0.15) is 12.4 Å². The Morgan fingerprint density at radius 2 is 1.85 bits per heavy atom. The molecule has 0 saturated heterocycles. The highest BCUT2D eigenvalue weighted by Gasteiger charge is 2.13. The van der Waals surface area contributed by atoms with Crippen molar-refractivity contribution >= 4 is 34.8 Å². The van der Waals surface area contributed by atoms with Crippen LogP contribution in [0.25, 0.3) is 0 Å². The molecular formula is C20H15Cl3FNO2. The smallest absolute Gasteiger partial charge is 0.223 e. The molecule has 0 unspecified atom stereocenters. The summed E-state index contributed by atoms with van der Waals surface area (Å²) >= 11 is 18.2. The number of rotatable bonds is 5. The molecule has 2 aromatic carbocycles. The number of hydrogen-bond donors (Lipinski definition) is 0. The largest absolute Gasteiger partial charge is 0.483 e. The zero-order valence-corrected chi connectivity index (χ0v) is 16.6. The fourth-order valence-corrected chi connectivity index (χ4v) is 3.33. The summed E-state index contributed by atoms with van der Waals surface area (Å²) in [7, 11) is 0. The molecule has 7 heteroatoms. The first-order chi connectivity index (χ1) is 12.9. The molecule has 0 aliphatic heterocycles. The molecule has 3 nitrogen and oxygen atoms in total. The van der Waals surface area contributed by atoms with Crippen molar-refractivity contribution in [2.24, 2.45) is 0 Å². The molecule has 0 N–H and O–H groups in total. The quantitative estimate of drug-likeness (QED) is 0.510. The molecule has 0 bridgehead atoms. The van der Waals surface area contributed by atoms with Crippen LogP contribution in [0.4, 0.5) is 4.39 Å². The fraction of sp³-hybridized carbons (Fsp3) is 0.150. The first kappa shape index (κ1) is 19.7. The van der Waals surface area contributed by atoms with Gasteiger partial charge in [0, 0.05) is 34.4 Å².